The monoisotopic (exact) mass is 388 g/mol. The lowest BCUT2D eigenvalue weighted by Gasteiger charge is -2.29. The highest BCUT2D eigenvalue weighted by atomic mass is 127. The summed E-state index contributed by atoms with van der Waals surface area (Å²) in [5, 5.41) is 2.23. The Bertz CT molecular complexity index is 647. The Hall–Kier alpha value is -1.51. The van der Waals surface area contributed by atoms with Crippen LogP contribution in [0.4, 0.5) is 4.39 Å². The van der Waals surface area contributed by atoms with Crippen LogP contribution in [0.5, 0.6) is 0 Å². The average molecular weight is 388 g/mol. The van der Waals surface area contributed by atoms with E-state index in [9.17, 15) is 18.8 Å². The Kier molecular flexibility index (Phi) is 3.23. The van der Waals surface area contributed by atoms with Crippen LogP contribution in [0.15, 0.2) is 12.1 Å². The maximum Gasteiger partial charge on any atom is 0.255 e. The van der Waals surface area contributed by atoms with Crippen molar-refractivity contribution in [3.05, 3.63) is 32.6 Å². The summed E-state index contributed by atoms with van der Waals surface area (Å²) in [6.07, 6.45) is 0.520. The third-order valence-corrected chi connectivity index (χ3v) is 4.39. The van der Waals surface area contributed by atoms with E-state index in [0.717, 1.165) is 0 Å². The van der Waals surface area contributed by atoms with Crippen molar-refractivity contribution in [2.45, 2.75) is 25.4 Å². The number of imide groups is 1. The molecule has 1 N–H and O–H groups in total. The second kappa shape index (κ2) is 4.80. The van der Waals surface area contributed by atoms with Crippen LogP contribution < -0.4 is 5.32 Å². The summed E-state index contributed by atoms with van der Waals surface area (Å²) in [4.78, 5) is 36.6. The second-order valence-corrected chi connectivity index (χ2v) is 5.99. The van der Waals surface area contributed by atoms with Crippen LogP contribution in [0.3, 0.4) is 0 Å². The van der Waals surface area contributed by atoms with Crippen molar-refractivity contribution in [3.63, 3.8) is 0 Å². The number of halogens is 2. The first-order valence-corrected chi connectivity index (χ1v) is 7.18. The van der Waals surface area contributed by atoms with Gasteiger partial charge in [-0.2, -0.15) is 0 Å². The predicted molar refractivity (Wildman–Crippen MR) is 75.2 cm³/mol. The van der Waals surface area contributed by atoms with Crippen LogP contribution in [0.1, 0.15) is 28.8 Å². The van der Waals surface area contributed by atoms with Gasteiger partial charge >= 0.3 is 0 Å². The summed E-state index contributed by atoms with van der Waals surface area (Å²) in [6.45, 7) is 0.275. The van der Waals surface area contributed by atoms with E-state index in [1.54, 1.807) is 6.07 Å². The van der Waals surface area contributed by atoms with Crippen molar-refractivity contribution in [3.8, 4) is 0 Å². The van der Waals surface area contributed by atoms with Crippen LogP contribution >= 0.6 is 22.6 Å². The minimum Gasteiger partial charge on any atom is -0.322 e. The lowest BCUT2D eigenvalue weighted by molar-refractivity contribution is -0.136. The minimum absolute atomic E-state index is 0.211. The molecule has 2 aliphatic rings. The van der Waals surface area contributed by atoms with Gasteiger partial charge in [0, 0.05) is 22.1 Å². The van der Waals surface area contributed by atoms with Crippen LogP contribution in [0.2, 0.25) is 0 Å². The third kappa shape index (κ3) is 2.09. The van der Waals surface area contributed by atoms with Gasteiger partial charge in [0.1, 0.15) is 11.9 Å². The summed E-state index contributed by atoms with van der Waals surface area (Å²) >= 11 is 1.86. The zero-order valence-electron chi connectivity index (χ0n) is 10.3. The van der Waals surface area contributed by atoms with Crippen LogP contribution in [-0.4, -0.2) is 28.7 Å². The topological polar surface area (TPSA) is 66.5 Å². The number of benzene rings is 1. The molecule has 7 heteroatoms. The van der Waals surface area contributed by atoms with Crippen molar-refractivity contribution < 1.29 is 18.8 Å². The molecule has 2 heterocycles. The first-order chi connectivity index (χ1) is 9.47. The maximum absolute atomic E-state index is 13.5. The van der Waals surface area contributed by atoms with Gasteiger partial charge in [-0.15, -0.1) is 0 Å². The number of hydrogen-bond acceptors (Lipinski definition) is 3. The van der Waals surface area contributed by atoms with E-state index in [4.69, 9.17) is 0 Å². The number of piperidine rings is 1. The van der Waals surface area contributed by atoms with Gasteiger partial charge in [0.15, 0.2) is 0 Å². The molecule has 1 atom stereocenters. The van der Waals surface area contributed by atoms with Crippen molar-refractivity contribution in [2.24, 2.45) is 0 Å². The molecule has 0 unspecified atom stereocenters. The Labute approximate surface area is 127 Å². The molecule has 0 spiro atoms. The van der Waals surface area contributed by atoms with Crippen molar-refractivity contribution in [1.29, 1.82) is 0 Å². The Morgan fingerprint density at radius 1 is 1.30 bits per heavy atom. The molecule has 0 saturated carbocycles. The number of rotatable bonds is 1. The minimum atomic E-state index is -0.659. The SMILES string of the molecule is O=C1CC[C@H](N2Cc3cc(I)c(F)cc3C2=O)C(=O)N1. The lowest BCUT2D eigenvalue weighted by Crippen LogP contribution is -2.52. The van der Waals surface area contributed by atoms with Gasteiger partial charge in [-0.3, -0.25) is 19.7 Å². The van der Waals surface area contributed by atoms with E-state index in [0.29, 0.717) is 21.1 Å². The first-order valence-electron chi connectivity index (χ1n) is 6.10. The highest BCUT2D eigenvalue weighted by Crippen LogP contribution is 2.29. The molecule has 1 fully saturated rings. The second-order valence-electron chi connectivity index (χ2n) is 4.82. The number of carbonyl (C=O) groups is 3. The van der Waals surface area contributed by atoms with Gasteiger partial charge in [-0.05, 0) is 46.7 Å². The van der Waals surface area contributed by atoms with Crippen molar-refractivity contribution in [2.75, 3.05) is 0 Å². The summed E-state index contributed by atoms with van der Waals surface area (Å²) < 4.78 is 14.0. The van der Waals surface area contributed by atoms with Gasteiger partial charge in [-0.25, -0.2) is 4.39 Å². The number of nitrogens with zero attached hydrogens (tertiary/aromatic N) is 1. The summed E-state index contributed by atoms with van der Waals surface area (Å²) in [5.41, 5.74) is 1.01. The van der Waals surface area contributed by atoms with Gasteiger partial charge in [0.2, 0.25) is 11.8 Å². The Morgan fingerprint density at radius 2 is 2.05 bits per heavy atom. The van der Waals surface area contributed by atoms with E-state index >= 15 is 0 Å². The molecule has 20 heavy (non-hydrogen) atoms. The molecule has 5 nitrogen and oxygen atoms in total. The highest BCUT2D eigenvalue weighted by Gasteiger charge is 2.39. The molecule has 0 aliphatic carbocycles. The van der Waals surface area contributed by atoms with Gasteiger partial charge in [0.25, 0.3) is 5.91 Å². The Balaban J connectivity index is 1.90. The molecule has 0 bridgehead atoms. The lowest BCUT2D eigenvalue weighted by atomic mass is 10.0. The molecule has 2 aliphatic heterocycles. The quantitative estimate of drug-likeness (QED) is 0.581. The fraction of sp³-hybridized carbons (Fsp3) is 0.308. The molecule has 104 valence electrons. The van der Waals surface area contributed by atoms with Crippen molar-refractivity contribution >= 4 is 40.3 Å². The molecule has 1 saturated heterocycles. The maximum atomic E-state index is 13.5. The number of hydrogen-bond donors (Lipinski definition) is 1. The molecule has 0 radical (unpaired) electrons. The van der Waals surface area contributed by atoms with Gasteiger partial charge < -0.3 is 4.90 Å². The fourth-order valence-electron chi connectivity index (χ4n) is 2.56. The van der Waals surface area contributed by atoms with Crippen LogP contribution in [-0.2, 0) is 16.1 Å². The van der Waals surface area contributed by atoms with Gasteiger partial charge in [0.05, 0.1) is 0 Å². The fourth-order valence-corrected chi connectivity index (χ4v) is 3.09. The molecule has 1 aromatic carbocycles. The number of amides is 3. The summed E-state index contributed by atoms with van der Waals surface area (Å²) in [5.74, 6) is -1.58. The van der Waals surface area contributed by atoms with E-state index in [2.05, 4.69) is 5.32 Å². The number of carbonyl (C=O) groups excluding carboxylic acids is 3. The predicted octanol–water partition coefficient (Wildman–Crippen LogP) is 1.19. The van der Waals surface area contributed by atoms with Crippen LogP contribution in [0.25, 0.3) is 0 Å². The largest absolute Gasteiger partial charge is 0.322 e. The Morgan fingerprint density at radius 3 is 2.75 bits per heavy atom. The molecular formula is C13H10FIN2O3. The zero-order valence-corrected chi connectivity index (χ0v) is 12.4. The van der Waals surface area contributed by atoms with E-state index in [1.807, 2.05) is 22.6 Å². The molecule has 1 aromatic rings. The highest BCUT2D eigenvalue weighted by molar-refractivity contribution is 14.1. The standard InChI is InChI=1S/C13H10FIN2O3/c14-8-4-7-6(3-9(8)15)5-17(13(7)20)10-1-2-11(18)16-12(10)19/h3-4,10H,1-2,5H2,(H,16,18,19)/t10-/m0/s1. The molecule has 3 rings (SSSR count). The molecular weight excluding hydrogens is 378 g/mol. The summed E-state index contributed by atoms with van der Waals surface area (Å²) in [7, 11) is 0. The van der Waals surface area contributed by atoms with E-state index < -0.39 is 17.8 Å². The van der Waals surface area contributed by atoms with Crippen LogP contribution in [0, 0.1) is 9.39 Å². The van der Waals surface area contributed by atoms with E-state index in [1.165, 1.54) is 11.0 Å². The van der Waals surface area contributed by atoms with Crippen molar-refractivity contribution in [1.82, 2.24) is 10.2 Å². The zero-order chi connectivity index (χ0) is 14.4. The smallest absolute Gasteiger partial charge is 0.255 e. The number of fused-ring (bicyclic) bond motifs is 1. The van der Waals surface area contributed by atoms with Gasteiger partial charge in [-0.1, -0.05) is 0 Å². The molecule has 0 aromatic heterocycles. The van der Waals surface area contributed by atoms with E-state index in [-0.39, 0.29) is 24.8 Å². The summed E-state index contributed by atoms with van der Waals surface area (Å²) in [6, 6.07) is 2.17. The normalized spacial score (nSPS) is 22.0. The molecule has 3 amide bonds. The average Bonchev–Trinajstić information content (AvgIpc) is 2.68. The first kappa shape index (κ1) is 13.5. The third-order valence-electron chi connectivity index (χ3n) is 3.56. The number of nitrogens with one attached hydrogen (secondary N) is 1.